The minimum Gasteiger partial charge on any atom is -0.379 e. The molecule has 2 aromatic carbocycles. The number of aliphatic hydroxyl groups is 2. The third kappa shape index (κ3) is 4.67. The lowest BCUT2D eigenvalue weighted by molar-refractivity contribution is -0.137. The van der Waals surface area contributed by atoms with Gasteiger partial charge in [-0.1, -0.05) is 18.2 Å². The van der Waals surface area contributed by atoms with Crippen LogP contribution in [0.1, 0.15) is 46.2 Å². The Labute approximate surface area is 192 Å². The molecule has 3 atom stereocenters. The van der Waals surface area contributed by atoms with Crippen LogP contribution in [0.15, 0.2) is 47.3 Å². The summed E-state index contributed by atoms with van der Waals surface area (Å²) in [6.45, 7) is 1.53. The minimum atomic E-state index is -4.57. The molecule has 11 heteroatoms. The first-order valence-corrected chi connectivity index (χ1v) is 10.6. The van der Waals surface area contributed by atoms with E-state index in [0.717, 1.165) is 18.2 Å². The van der Waals surface area contributed by atoms with Crippen molar-refractivity contribution < 1.29 is 28.2 Å². The average Bonchev–Trinajstić information content (AvgIpc) is 2.78. The molecule has 34 heavy (non-hydrogen) atoms. The molecule has 4 N–H and O–H groups in total. The summed E-state index contributed by atoms with van der Waals surface area (Å²) < 4.78 is 40.3. The Kier molecular flexibility index (Phi) is 6.43. The molecule has 1 saturated heterocycles. The van der Waals surface area contributed by atoms with E-state index in [4.69, 9.17) is 0 Å². The molecule has 1 amide bonds. The van der Waals surface area contributed by atoms with Gasteiger partial charge in [-0.05, 0) is 49.6 Å². The molecule has 0 spiro atoms. The first kappa shape index (κ1) is 23.9. The van der Waals surface area contributed by atoms with Crippen molar-refractivity contribution in [2.45, 2.75) is 51.0 Å². The lowest BCUT2D eigenvalue weighted by atomic mass is 10.0. The van der Waals surface area contributed by atoms with Crippen molar-refractivity contribution in [3.05, 3.63) is 75.3 Å². The topological polar surface area (TPSA) is 116 Å². The van der Waals surface area contributed by atoms with E-state index in [2.05, 4.69) is 15.6 Å². The van der Waals surface area contributed by atoms with Crippen molar-refractivity contribution in [1.29, 1.82) is 0 Å². The van der Waals surface area contributed by atoms with E-state index in [9.17, 15) is 33.0 Å². The Hall–Kier alpha value is -3.28. The molecule has 2 heterocycles. The number of aliphatic hydroxyl groups excluding tert-OH is 2. The van der Waals surface area contributed by atoms with Crippen LogP contribution in [0.25, 0.3) is 10.9 Å². The maximum absolute atomic E-state index is 13.5. The number of fused-ring (bicyclic) bond motifs is 1. The minimum absolute atomic E-state index is 0.114. The highest BCUT2D eigenvalue weighted by molar-refractivity contribution is 5.94. The number of aryl methyl sites for hydroxylation is 1. The van der Waals surface area contributed by atoms with Crippen LogP contribution in [-0.2, 0) is 12.7 Å². The molecule has 1 aliphatic rings. The average molecular weight is 476 g/mol. The summed E-state index contributed by atoms with van der Waals surface area (Å²) in [6, 6.07) is 8.35. The molecule has 1 aliphatic heterocycles. The van der Waals surface area contributed by atoms with E-state index in [1.54, 1.807) is 25.1 Å². The van der Waals surface area contributed by atoms with E-state index in [-0.39, 0.29) is 17.5 Å². The maximum atomic E-state index is 13.5. The van der Waals surface area contributed by atoms with Gasteiger partial charge in [0, 0.05) is 12.1 Å². The molecule has 4 rings (SSSR count). The number of piperidine rings is 1. The molecule has 0 radical (unpaired) electrons. The van der Waals surface area contributed by atoms with Crippen LogP contribution in [0.3, 0.4) is 0 Å². The number of carbonyl (C=O) groups is 1. The summed E-state index contributed by atoms with van der Waals surface area (Å²) in [4.78, 5) is 30.4. The number of nitrogens with one attached hydrogen (secondary N) is 2. The van der Waals surface area contributed by atoms with Gasteiger partial charge in [0.25, 0.3) is 11.5 Å². The maximum Gasteiger partial charge on any atom is 0.416 e. The number of halogens is 3. The van der Waals surface area contributed by atoms with Crippen molar-refractivity contribution in [2.24, 2.45) is 0 Å². The Morgan fingerprint density at radius 3 is 2.65 bits per heavy atom. The molecular weight excluding hydrogens is 453 g/mol. The predicted octanol–water partition coefficient (Wildman–Crippen LogP) is 2.22. The summed E-state index contributed by atoms with van der Waals surface area (Å²) >= 11 is 0. The first-order valence-electron chi connectivity index (χ1n) is 10.6. The molecule has 3 unspecified atom stereocenters. The van der Waals surface area contributed by atoms with Crippen LogP contribution in [0, 0.1) is 6.92 Å². The van der Waals surface area contributed by atoms with Gasteiger partial charge < -0.3 is 15.5 Å². The number of nitrogens with zero attached hydrogens (tertiary/aromatic N) is 2. The van der Waals surface area contributed by atoms with Gasteiger partial charge in [-0.25, -0.2) is 4.98 Å². The fourth-order valence-corrected chi connectivity index (χ4v) is 4.22. The van der Waals surface area contributed by atoms with Gasteiger partial charge in [-0.3, -0.25) is 19.5 Å². The van der Waals surface area contributed by atoms with Gasteiger partial charge >= 0.3 is 6.18 Å². The van der Waals surface area contributed by atoms with Crippen LogP contribution >= 0.6 is 0 Å². The van der Waals surface area contributed by atoms with Gasteiger partial charge in [0.1, 0.15) is 18.3 Å². The summed E-state index contributed by atoms with van der Waals surface area (Å²) in [5, 5.41) is 25.5. The number of amides is 1. The van der Waals surface area contributed by atoms with Crippen molar-refractivity contribution in [3.63, 3.8) is 0 Å². The van der Waals surface area contributed by atoms with Crippen molar-refractivity contribution in [1.82, 2.24) is 20.2 Å². The first-order chi connectivity index (χ1) is 16.1. The van der Waals surface area contributed by atoms with E-state index in [1.165, 1.54) is 10.6 Å². The number of hydrogen-bond acceptors (Lipinski definition) is 6. The summed E-state index contributed by atoms with van der Waals surface area (Å²) in [5.41, 5.74) is -0.687. The Balaban J connectivity index is 1.65. The molecule has 1 fully saturated rings. The summed E-state index contributed by atoms with van der Waals surface area (Å²) in [6.07, 6.45) is -5.93. The molecule has 3 aromatic rings. The van der Waals surface area contributed by atoms with Gasteiger partial charge in [-0.15, -0.1) is 0 Å². The fraction of sp³-hybridized carbons (Fsp3) is 0.348. The van der Waals surface area contributed by atoms with Crippen LogP contribution in [-0.4, -0.2) is 38.1 Å². The SMILES string of the molecule is Cc1nc2cccc(CNC(=O)c3cccc(C(F)(F)F)c3)c2c(=O)n1C1CCC(O)NC1O. The van der Waals surface area contributed by atoms with Gasteiger partial charge in [0.05, 0.1) is 22.5 Å². The second kappa shape index (κ2) is 9.16. The molecule has 0 bridgehead atoms. The van der Waals surface area contributed by atoms with Crippen LogP contribution in [0.4, 0.5) is 13.2 Å². The zero-order chi connectivity index (χ0) is 24.6. The van der Waals surface area contributed by atoms with Crippen LogP contribution in [0.2, 0.25) is 0 Å². The summed E-state index contributed by atoms with van der Waals surface area (Å²) in [5.74, 6) is -0.339. The molecular formula is C23H23F3N4O4. The van der Waals surface area contributed by atoms with E-state index < -0.39 is 41.7 Å². The number of rotatable bonds is 4. The standard InChI is InChI=1S/C23H23F3N4O4/c1-12-28-16-7-3-5-14(11-27-20(32)13-4-2-6-15(10-13)23(24,25)26)19(16)22(34)30(12)17-8-9-18(31)29-21(17)33/h2-7,10,17-18,21,29,31,33H,8-9,11H2,1H3,(H,27,32). The monoisotopic (exact) mass is 476 g/mol. The normalized spacial score (nSPS) is 20.9. The van der Waals surface area contributed by atoms with Crippen molar-refractivity contribution in [2.75, 3.05) is 0 Å². The number of hydrogen-bond donors (Lipinski definition) is 4. The zero-order valence-electron chi connectivity index (χ0n) is 18.1. The Morgan fingerprint density at radius 1 is 1.21 bits per heavy atom. The van der Waals surface area contributed by atoms with E-state index in [0.29, 0.717) is 29.7 Å². The molecule has 8 nitrogen and oxygen atoms in total. The third-order valence-electron chi connectivity index (χ3n) is 5.88. The van der Waals surface area contributed by atoms with Gasteiger partial charge in [0.2, 0.25) is 0 Å². The lowest BCUT2D eigenvalue weighted by Crippen LogP contribution is -2.50. The zero-order valence-corrected chi connectivity index (χ0v) is 18.1. The van der Waals surface area contributed by atoms with Crippen LogP contribution in [0.5, 0.6) is 0 Å². The highest BCUT2D eigenvalue weighted by Gasteiger charge is 2.32. The van der Waals surface area contributed by atoms with Gasteiger partial charge in [0.15, 0.2) is 0 Å². The Morgan fingerprint density at radius 2 is 1.94 bits per heavy atom. The number of alkyl halides is 3. The fourth-order valence-electron chi connectivity index (χ4n) is 4.22. The molecule has 1 aromatic heterocycles. The van der Waals surface area contributed by atoms with E-state index in [1.807, 2.05) is 0 Å². The molecule has 0 aliphatic carbocycles. The van der Waals surface area contributed by atoms with Crippen LogP contribution < -0.4 is 16.2 Å². The molecule has 0 saturated carbocycles. The predicted molar refractivity (Wildman–Crippen MR) is 117 cm³/mol. The van der Waals surface area contributed by atoms with Gasteiger partial charge in [-0.2, -0.15) is 13.2 Å². The smallest absolute Gasteiger partial charge is 0.379 e. The Bertz CT molecular complexity index is 1290. The second-order valence-corrected chi connectivity index (χ2v) is 8.18. The van der Waals surface area contributed by atoms with E-state index >= 15 is 0 Å². The quantitative estimate of drug-likeness (QED) is 0.459. The molecule has 180 valence electrons. The lowest BCUT2D eigenvalue weighted by Gasteiger charge is -2.34. The third-order valence-corrected chi connectivity index (χ3v) is 5.88. The number of aromatic nitrogens is 2. The van der Waals surface area contributed by atoms with Crippen molar-refractivity contribution >= 4 is 16.8 Å². The number of benzene rings is 2. The second-order valence-electron chi connectivity index (χ2n) is 8.18. The highest BCUT2D eigenvalue weighted by atomic mass is 19.4. The summed E-state index contributed by atoms with van der Waals surface area (Å²) in [7, 11) is 0. The largest absolute Gasteiger partial charge is 0.416 e. The number of carbonyl (C=O) groups excluding carboxylic acids is 1. The highest BCUT2D eigenvalue weighted by Crippen LogP contribution is 2.29. The van der Waals surface area contributed by atoms with Crippen molar-refractivity contribution in [3.8, 4) is 0 Å².